The standard InChI is InChI=1S/C23H29N5O/c1-15-10-11-16(2)18(13-15)28-20(14-19(26-28)23(3,4)5)25-21-17(9-8-12-24-21)22(29)27(6)7/h8-14H,1-7H3,(H,24,25). The van der Waals surface area contributed by atoms with Gasteiger partial charge in [-0.3, -0.25) is 4.79 Å². The van der Waals surface area contributed by atoms with Gasteiger partial charge in [0.1, 0.15) is 11.6 Å². The Labute approximate surface area is 172 Å². The molecule has 6 nitrogen and oxygen atoms in total. The van der Waals surface area contributed by atoms with E-state index in [0.717, 1.165) is 28.3 Å². The first-order chi connectivity index (χ1) is 13.6. The SMILES string of the molecule is Cc1ccc(C)c(-n2nc(C(C)(C)C)cc2Nc2ncccc2C(=O)N(C)C)c1. The number of aryl methyl sites for hydroxylation is 2. The normalized spacial score (nSPS) is 11.4. The number of aromatic nitrogens is 3. The number of nitrogens with zero attached hydrogens (tertiary/aromatic N) is 4. The van der Waals surface area contributed by atoms with Gasteiger partial charge in [0, 0.05) is 31.8 Å². The van der Waals surface area contributed by atoms with Crippen LogP contribution in [0.1, 0.15) is 48.0 Å². The number of carbonyl (C=O) groups excluding carboxylic acids is 1. The van der Waals surface area contributed by atoms with Crippen molar-refractivity contribution < 1.29 is 4.79 Å². The van der Waals surface area contributed by atoms with Crippen LogP contribution in [0.3, 0.4) is 0 Å². The van der Waals surface area contributed by atoms with Gasteiger partial charge in [-0.25, -0.2) is 9.67 Å². The van der Waals surface area contributed by atoms with Crippen LogP contribution in [-0.4, -0.2) is 39.7 Å². The van der Waals surface area contributed by atoms with Crippen LogP contribution >= 0.6 is 0 Å². The molecule has 2 heterocycles. The number of amides is 1. The van der Waals surface area contributed by atoms with Crippen LogP contribution in [0.25, 0.3) is 5.69 Å². The van der Waals surface area contributed by atoms with E-state index >= 15 is 0 Å². The summed E-state index contributed by atoms with van der Waals surface area (Å²) >= 11 is 0. The molecule has 3 rings (SSSR count). The molecule has 2 aromatic heterocycles. The summed E-state index contributed by atoms with van der Waals surface area (Å²) in [5, 5.41) is 8.25. The van der Waals surface area contributed by atoms with Gasteiger partial charge in [0.05, 0.1) is 16.9 Å². The van der Waals surface area contributed by atoms with Crippen LogP contribution in [0.2, 0.25) is 0 Å². The van der Waals surface area contributed by atoms with E-state index in [1.165, 1.54) is 0 Å². The first-order valence-corrected chi connectivity index (χ1v) is 9.70. The van der Waals surface area contributed by atoms with Gasteiger partial charge < -0.3 is 10.2 Å². The summed E-state index contributed by atoms with van der Waals surface area (Å²) in [6, 6.07) is 11.9. The Kier molecular flexibility index (Phi) is 5.46. The van der Waals surface area contributed by atoms with E-state index in [2.05, 4.69) is 63.1 Å². The van der Waals surface area contributed by atoms with Crippen molar-refractivity contribution in [2.24, 2.45) is 0 Å². The second kappa shape index (κ2) is 7.70. The molecule has 0 aliphatic rings. The lowest BCUT2D eigenvalue weighted by atomic mass is 9.92. The van der Waals surface area contributed by atoms with E-state index in [-0.39, 0.29) is 11.3 Å². The van der Waals surface area contributed by atoms with Gasteiger partial charge in [-0.2, -0.15) is 5.10 Å². The van der Waals surface area contributed by atoms with E-state index in [0.29, 0.717) is 11.4 Å². The number of hydrogen-bond donors (Lipinski definition) is 1. The highest BCUT2D eigenvalue weighted by Crippen LogP contribution is 2.30. The summed E-state index contributed by atoms with van der Waals surface area (Å²) in [5.74, 6) is 1.18. The number of nitrogens with one attached hydrogen (secondary N) is 1. The number of hydrogen-bond acceptors (Lipinski definition) is 4. The Bertz CT molecular complexity index is 1040. The molecule has 0 saturated heterocycles. The van der Waals surface area contributed by atoms with Gasteiger partial charge in [0.15, 0.2) is 0 Å². The molecular formula is C23H29N5O. The molecule has 0 spiro atoms. The highest BCUT2D eigenvalue weighted by Gasteiger charge is 2.23. The smallest absolute Gasteiger partial charge is 0.257 e. The van der Waals surface area contributed by atoms with Crippen LogP contribution in [0.15, 0.2) is 42.6 Å². The summed E-state index contributed by atoms with van der Waals surface area (Å²) in [4.78, 5) is 18.6. The molecule has 3 aromatic rings. The Morgan fingerprint density at radius 2 is 1.83 bits per heavy atom. The van der Waals surface area contributed by atoms with Gasteiger partial charge >= 0.3 is 0 Å². The predicted octanol–water partition coefficient (Wildman–Crippen LogP) is 4.63. The van der Waals surface area contributed by atoms with E-state index < -0.39 is 0 Å². The monoisotopic (exact) mass is 391 g/mol. The molecule has 0 atom stereocenters. The number of carbonyl (C=O) groups is 1. The molecule has 1 aromatic carbocycles. The quantitative estimate of drug-likeness (QED) is 0.704. The van der Waals surface area contributed by atoms with E-state index in [1.807, 2.05) is 10.7 Å². The molecular weight excluding hydrogens is 362 g/mol. The molecule has 0 aliphatic carbocycles. The Morgan fingerprint density at radius 3 is 2.48 bits per heavy atom. The zero-order valence-electron chi connectivity index (χ0n) is 18.2. The lowest BCUT2D eigenvalue weighted by molar-refractivity contribution is 0.0828. The Morgan fingerprint density at radius 1 is 1.10 bits per heavy atom. The molecule has 29 heavy (non-hydrogen) atoms. The zero-order chi connectivity index (χ0) is 21.3. The third-order valence-corrected chi connectivity index (χ3v) is 4.76. The lowest BCUT2D eigenvalue weighted by Crippen LogP contribution is -2.23. The third-order valence-electron chi connectivity index (χ3n) is 4.76. The van der Waals surface area contributed by atoms with Crippen molar-refractivity contribution in [2.45, 2.75) is 40.0 Å². The highest BCUT2D eigenvalue weighted by atomic mass is 16.2. The second-order valence-corrected chi connectivity index (χ2v) is 8.59. The van der Waals surface area contributed by atoms with E-state index in [1.54, 1.807) is 37.3 Å². The van der Waals surface area contributed by atoms with Crippen molar-refractivity contribution in [3.63, 3.8) is 0 Å². The van der Waals surface area contributed by atoms with Crippen LogP contribution < -0.4 is 5.32 Å². The molecule has 152 valence electrons. The maximum absolute atomic E-state index is 12.6. The van der Waals surface area contributed by atoms with Crippen molar-refractivity contribution >= 4 is 17.5 Å². The van der Waals surface area contributed by atoms with Gasteiger partial charge in [0.2, 0.25) is 0 Å². The first-order valence-electron chi connectivity index (χ1n) is 9.70. The first kappa shape index (κ1) is 20.6. The van der Waals surface area contributed by atoms with Crippen molar-refractivity contribution in [1.29, 1.82) is 0 Å². The van der Waals surface area contributed by atoms with Crippen LogP contribution in [0.5, 0.6) is 0 Å². The Hall–Kier alpha value is -3.15. The molecule has 0 saturated carbocycles. The minimum atomic E-state index is -0.119. The molecule has 0 aliphatic heterocycles. The van der Waals surface area contributed by atoms with Gasteiger partial charge in [-0.1, -0.05) is 32.9 Å². The van der Waals surface area contributed by atoms with Gasteiger partial charge in [0.25, 0.3) is 5.91 Å². The largest absolute Gasteiger partial charge is 0.345 e. The van der Waals surface area contributed by atoms with Crippen molar-refractivity contribution in [3.8, 4) is 5.69 Å². The number of anilines is 2. The third kappa shape index (κ3) is 4.31. The van der Waals surface area contributed by atoms with Crippen LogP contribution in [-0.2, 0) is 5.41 Å². The predicted molar refractivity (Wildman–Crippen MR) is 117 cm³/mol. The fourth-order valence-electron chi connectivity index (χ4n) is 3.01. The summed E-state index contributed by atoms with van der Waals surface area (Å²) < 4.78 is 1.90. The van der Waals surface area contributed by atoms with Crippen molar-refractivity contribution in [3.05, 3.63) is 65.0 Å². The zero-order valence-corrected chi connectivity index (χ0v) is 18.2. The fourth-order valence-corrected chi connectivity index (χ4v) is 3.01. The summed E-state index contributed by atoms with van der Waals surface area (Å²) in [5.41, 5.74) is 4.63. The molecule has 1 N–H and O–H groups in total. The lowest BCUT2D eigenvalue weighted by Gasteiger charge is -2.16. The average molecular weight is 392 g/mol. The number of benzene rings is 1. The molecule has 0 bridgehead atoms. The van der Waals surface area contributed by atoms with Gasteiger partial charge in [-0.05, 0) is 43.2 Å². The fraction of sp³-hybridized carbons (Fsp3) is 0.348. The number of pyridine rings is 1. The van der Waals surface area contributed by atoms with Crippen LogP contribution in [0.4, 0.5) is 11.6 Å². The van der Waals surface area contributed by atoms with Crippen LogP contribution in [0, 0.1) is 13.8 Å². The molecule has 6 heteroatoms. The minimum Gasteiger partial charge on any atom is -0.345 e. The topological polar surface area (TPSA) is 63.1 Å². The second-order valence-electron chi connectivity index (χ2n) is 8.59. The molecule has 1 amide bonds. The Balaban J connectivity index is 2.15. The summed E-state index contributed by atoms with van der Waals surface area (Å²) in [7, 11) is 3.47. The maximum Gasteiger partial charge on any atom is 0.257 e. The average Bonchev–Trinajstić information content (AvgIpc) is 3.07. The summed E-state index contributed by atoms with van der Waals surface area (Å²) in [6.07, 6.45) is 1.68. The summed E-state index contributed by atoms with van der Waals surface area (Å²) in [6.45, 7) is 10.5. The molecule has 0 radical (unpaired) electrons. The maximum atomic E-state index is 12.6. The van der Waals surface area contributed by atoms with E-state index in [9.17, 15) is 4.79 Å². The molecule has 0 unspecified atom stereocenters. The van der Waals surface area contributed by atoms with E-state index in [4.69, 9.17) is 5.10 Å². The van der Waals surface area contributed by atoms with Crippen molar-refractivity contribution in [1.82, 2.24) is 19.7 Å². The number of rotatable bonds is 4. The minimum absolute atomic E-state index is 0.102. The van der Waals surface area contributed by atoms with Crippen molar-refractivity contribution in [2.75, 3.05) is 19.4 Å². The van der Waals surface area contributed by atoms with Gasteiger partial charge in [-0.15, -0.1) is 0 Å². The molecule has 0 fully saturated rings. The highest BCUT2D eigenvalue weighted by molar-refractivity contribution is 5.99.